The van der Waals surface area contributed by atoms with Gasteiger partial charge in [0.15, 0.2) is 0 Å². The lowest BCUT2D eigenvalue weighted by Crippen LogP contribution is -2.46. The number of carboxylic acids is 1. The lowest BCUT2D eigenvalue weighted by molar-refractivity contribution is -0.149. The first-order valence-corrected chi connectivity index (χ1v) is 8.12. The van der Waals surface area contributed by atoms with E-state index >= 15 is 0 Å². The molecule has 0 aromatic heterocycles. The van der Waals surface area contributed by atoms with E-state index in [4.69, 9.17) is 0 Å². The van der Waals surface area contributed by atoms with Crippen molar-refractivity contribution < 1.29 is 14.7 Å². The molecular formula is C16H29ClN2O3. The molecule has 0 spiro atoms. The molecule has 2 fully saturated rings. The number of amides is 1. The summed E-state index contributed by atoms with van der Waals surface area (Å²) in [5, 5.41) is 12.6. The van der Waals surface area contributed by atoms with Gasteiger partial charge in [0.1, 0.15) is 0 Å². The number of nitrogens with zero attached hydrogens (tertiary/aromatic N) is 1. The van der Waals surface area contributed by atoms with Crippen molar-refractivity contribution in [1.82, 2.24) is 10.2 Å². The maximum Gasteiger partial charge on any atom is 0.311 e. The van der Waals surface area contributed by atoms with E-state index in [0.29, 0.717) is 19.0 Å². The van der Waals surface area contributed by atoms with Gasteiger partial charge >= 0.3 is 5.97 Å². The Morgan fingerprint density at radius 3 is 2.59 bits per heavy atom. The number of hydrogen-bond donors (Lipinski definition) is 2. The van der Waals surface area contributed by atoms with Crippen molar-refractivity contribution in [3.63, 3.8) is 0 Å². The van der Waals surface area contributed by atoms with Gasteiger partial charge in [0.25, 0.3) is 0 Å². The first-order valence-electron chi connectivity index (χ1n) is 8.12. The lowest BCUT2D eigenvalue weighted by Gasteiger charge is -2.26. The highest BCUT2D eigenvalue weighted by atomic mass is 35.5. The van der Waals surface area contributed by atoms with Crippen molar-refractivity contribution in [3.05, 3.63) is 0 Å². The molecule has 2 aliphatic rings. The predicted molar refractivity (Wildman–Crippen MR) is 88.2 cm³/mol. The van der Waals surface area contributed by atoms with Crippen molar-refractivity contribution in [1.29, 1.82) is 0 Å². The number of hydrogen-bond acceptors (Lipinski definition) is 3. The molecule has 0 radical (unpaired) electrons. The Morgan fingerprint density at radius 1 is 1.36 bits per heavy atom. The molecule has 1 aliphatic carbocycles. The SMILES string of the molecule is CC(C)CCNC(=O)C(C)N1C[C@@H]2CCC[C@@]2(C(=O)O)C1.Cl. The van der Waals surface area contributed by atoms with Crippen LogP contribution in [0.3, 0.4) is 0 Å². The number of aliphatic carboxylic acids is 1. The summed E-state index contributed by atoms with van der Waals surface area (Å²) < 4.78 is 0. The van der Waals surface area contributed by atoms with Crippen LogP contribution in [0.5, 0.6) is 0 Å². The average molecular weight is 333 g/mol. The zero-order valence-electron chi connectivity index (χ0n) is 13.8. The van der Waals surface area contributed by atoms with Crippen LogP contribution in [0.25, 0.3) is 0 Å². The van der Waals surface area contributed by atoms with Gasteiger partial charge in [-0.3, -0.25) is 14.5 Å². The summed E-state index contributed by atoms with van der Waals surface area (Å²) in [5.74, 6) is 0.124. The molecule has 0 aromatic carbocycles. The fourth-order valence-corrected chi connectivity index (χ4v) is 3.77. The summed E-state index contributed by atoms with van der Waals surface area (Å²) in [6, 6.07) is -0.237. The van der Waals surface area contributed by atoms with E-state index in [-0.39, 0.29) is 30.3 Å². The van der Waals surface area contributed by atoms with E-state index in [1.165, 1.54) is 0 Å². The molecule has 1 unspecified atom stereocenters. The monoisotopic (exact) mass is 332 g/mol. The molecule has 1 heterocycles. The van der Waals surface area contributed by atoms with Gasteiger partial charge in [0, 0.05) is 19.6 Å². The Morgan fingerprint density at radius 2 is 2.05 bits per heavy atom. The summed E-state index contributed by atoms with van der Waals surface area (Å²) in [7, 11) is 0. The van der Waals surface area contributed by atoms with Crippen LogP contribution in [0.2, 0.25) is 0 Å². The number of halogens is 1. The Hall–Kier alpha value is -0.810. The van der Waals surface area contributed by atoms with E-state index in [2.05, 4.69) is 24.1 Å². The number of fused-ring (bicyclic) bond motifs is 1. The molecule has 6 heteroatoms. The Balaban J connectivity index is 0.00000242. The number of carboxylic acid groups (broad SMARTS) is 1. The molecule has 1 saturated carbocycles. The number of likely N-dealkylation sites (tertiary alicyclic amines) is 1. The van der Waals surface area contributed by atoms with Gasteiger partial charge < -0.3 is 10.4 Å². The van der Waals surface area contributed by atoms with E-state index in [1.807, 2.05) is 6.92 Å². The Bertz CT molecular complexity index is 416. The van der Waals surface area contributed by atoms with E-state index in [1.54, 1.807) is 0 Å². The van der Waals surface area contributed by atoms with Crippen LogP contribution >= 0.6 is 12.4 Å². The fraction of sp³-hybridized carbons (Fsp3) is 0.875. The second-order valence-electron chi connectivity index (χ2n) is 7.13. The first kappa shape index (κ1) is 19.2. The van der Waals surface area contributed by atoms with Crippen LogP contribution < -0.4 is 5.32 Å². The lowest BCUT2D eigenvalue weighted by atomic mass is 9.81. The highest BCUT2D eigenvalue weighted by molar-refractivity contribution is 5.85. The quantitative estimate of drug-likeness (QED) is 0.782. The summed E-state index contributed by atoms with van der Waals surface area (Å²) in [4.78, 5) is 25.9. The van der Waals surface area contributed by atoms with Crippen molar-refractivity contribution in [3.8, 4) is 0 Å². The standard InChI is InChI=1S/C16H28N2O3.ClH/c1-11(2)6-8-17-14(19)12(3)18-9-13-5-4-7-16(13,10-18)15(20)21;/h11-13H,4-10H2,1-3H3,(H,17,19)(H,20,21);1H/t12?,13-,16+;/m0./s1. The largest absolute Gasteiger partial charge is 0.481 e. The van der Waals surface area contributed by atoms with Crippen LogP contribution in [0.4, 0.5) is 0 Å². The number of rotatable bonds is 6. The molecule has 128 valence electrons. The third-order valence-electron chi connectivity index (χ3n) is 5.27. The minimum absolute atomic E-state index is 0. The maximum absolute atomic E-state index is 12.2. The van der Waals surface area contributed by atoms with Gasteiger partial charge in [-0.05, 0) is 38.0 Å². The Kier molecular flexibility index (Phi) is 6.68. The van der Waals surface area contributed by atoms with Gasteiger partial charge in [-0.15, -0.1) is 12.4 Å². The number of nitrogens with one attached hydrogen (secondary N) is 1. The fourth-order valence-electron chi connectivity index (χ4n) is 3.77. The minimum atomic E-state index is -0.681. The van der Waals surface area contributed by atoms with Crippen molar-refractivity contribution in [2.45, 2.75) is 52.5 Å². The third-order valence-corrected chi connectivity index (χ3v) is 5.27. The third kappa shape index (κ3) is 3.74. The molecular weight excluding hydrogens is 304 g/mol. The second-order valence-corrected chi connectivity index (χ2v) is 7.13. The smallest absolute Gasteiger partial charge is 0.311 e. The normalized spacial score (nSPS) is 29.0. The zero-order chi connectivity index (χ0) is 15.6. The number of carbonyl (C=O) groups is 2. The van der Waals surface area contributed by atoms with E-state index in [9.17, 15) is 14.7 Å². The molecule has 3 atom stereocenters. The molecule has 0 bridgehead atoms. The van der Waals surface area contributed by atoms with Gasteiger partial charge in [-0.25, -0.2) is 0 Å². The second kappa shape index (κ2) is 7.64. The predicted octanol–water partition coefficient (Wildman–Crippen LogP) is 2.15. The summed E-state index contributed by atoms with van der Waals surface area (Å²) >= 11 is 0. The van der Waals surface area contributed by atoms with Crippen molar-refractivity contribution >= 4 is 24.3 Å². The van der Waals surface area contributed by atoms with Crippen LogP contribution in [0, 0.1) is 17.3 Å². The topological polar surface area (TPSA) is 69.6 Å². The average Bonchev–Trinajstić information content (AvgIpc) is 2.94. The molecule has 1 aliphatic heterocycles. The molecule has 2 rings (SSSR count). The van der Waals surface area contributed by atoms with Gasteiger partial charge in [0.05, 0.1) is 11.5 Å². The van der Waals surface area contributed by atoms with Crippen LogP contribution in [-0.2, 0) is 9.59 Å². The van der Waals surface area contributed by atoms with E-state index in [0.717, 1.165) is 32.2 Å². The highest BCUT2D eigenvalue weighted by Gasteiger charge is 2.55. The van der Waals surface area contributed by atoms with Crippen LogP contribution in [0.1, 0.15) is 46.5 Å². The number of carbonyl (C=O) groups excluding carboxylic acids is 1. The van der Waals surface area contributed by atoms with Crippen LogP contribution in [0.15, 0.2) is 0 Å². The molecule has 2 N–H and O–H groups in total. The molecule has 22 heavy (non-hydrogen) atoms. The van der Waals surface area contributed by atoms with Gasteiger partial charge in [0.2, 0.25) is 5.91 Å². The van der Waals surface area contributed by atoms with Crippen LogP contribution in [-0.4, -0.2) is 47.6 Å². The molecule has 5 nitrogen and oxygen atoms in total. The molecule has 1 saturated heterocycles. The van der Waals surface area contributed by atoms with Gasteiger partial charge in [-0.2, -0.15) is 0 Å². The summed E-state index contributed by atoms with van der Waals surface area (Å²) in [6.45, 7) is 8.11. The summed E-state index contributed by atoms with van der Waals surface area (Å²) in [6.07, 6.45) is 3.70. The highest BCUT2D eigenvalue weighted by Crippen LogP contribution is 2.49. The molecule has 1 amide bonds. The van der Waals surface area contributed by atoms with E-state index < -0.39 is 11.4 Å². The van der Waals surface area contributed by atoms with Gasteiger partial charge in [-0.1, -0.05) is 20.3 Å². The minimum Gasteiger partial charge on any atom is -0.481 e. The van der Waals surface area contributed by atoms with Crippen molar-refractivity contribution in [2.24, 2.45) is 17.3 Å². The maximum atomic E-state index is 12.2. The first-order chi connectivity index (χ1) is 9.86. The summed E-state index contributed by atoms with van der Waals surface area (Å²) in [5.41, 5.74) is -0.605. The zero-order valence-corrected chi connectivity index (χ0v) is 14.6. The Labute approximate surface area is 139 Å². The van der Waals surface area contributed by atoms with Crippen molar-refractivity contribution in [2.75, 3.05) is 19.6 Å². The molecule has 0 aromatic rings.